The van der Waals surface area contributed by atoms with Crippen LogP contribution in [0.25, 0.3) is 11.3 Å². The summed E-state index contributed by atoms with van der Waals surface area (Å²) in [5.74, 6) is 1.08. The highest BCUT2D eigenvalue weighted by Crippen LogP contribution is 2.38. The van der Waals surface area contributed by atoms with E-state index in [-0.39, 0.29) is 17.8 Å². The van der Waals surface area contributed by atoms with E-state index < -0.39 is 0 Å². The predicted octanol–water partition coefficient (Wildman–Crippen LogP) is 3.61. The first-order valence-corrected chi connectivity index (χ1v) is 10.5. The molecule has 0 fully saturated rings. The van der Waals surface area contributed by atoms with Gasteiger partial charge < -0.3 is 14.5 Å². The lowest BCUT2D eigenvalue weighted by Gasteiger charge is -2.14. The number of furan rings is 1. The van der Waals surface area contributed by atoms with Gasteiger partial charge in [0.15, 0.2) is 5.78 Å². The van der Waals surface area contributed by atoms with Crippen LogP contribution in [0, 0.1) is 13.8 Å². The van der Waals surface area contributed by atoms with E-state index in [1.165, 1.54) is 6.26 Å². The Labute approximate surface area is 179 Å². The lowest BCUT2D eigenvalue weighted by molar-refractivity contribution is 0.0914. The molecule has 0 bridgehead atoms. The third-order valence-electron chi connectivity index (χ3n) is 5.85. The zero-order chi connectivity index (χ0) is 21.5. The highest BCUT2D eigenvalue weighted by atomic mass is 16.5. The van der Waals surface area contributed by atoms with Gasteiger partial charge in [0.2, 0.25) is 0 Å². The van der Waals surface area contributed by atoms with Gasteiger partial charge in [0.25, 0.3) is 5.91 Å². The lowest BCUT2D eigenvalue weighted by Crippen LogP contribution is -2.35. The van der Waals surface area contributed by atoms with Crippen LogP contribution < -0.4 is 10.1 Å². The summed E-state index contributed by atoms with van der Waals surface area (Å²) in [7, 11) is 0. The van der Waals surface area contributed by atoms with Gasteiger partial charge in [-0.25, -0.2) is 4.98 Å². The summed E-state index contributed by atoms with van der Waals surface area (Å²) in [6.07, 6.45) is 5.55. The minimum atomic E-state index is -0.305. The first kappa shape index (κ1) is 19.5. The van der Waals surface area contributed by atoms with E-state index in [0.717, 1.165) is 40.4 Å². The number of hydrogen-bond donors (Lipinski definition) is 1. The third-order valence-corrected chi connectivity index (χ3v) is 5.85. The van der Waals surface area contributed by atoms with Crippen molar-refractivity contribution < 1.29 is 18.7 Å². The maximum absolute atomic E-state index is 12.7. The van der Waals surface area contributed by atoms with E-state index in [1.807, 2.05) is 32.0 Å². The van der Waals surface area contributed by atoms with Gasteiger partial charge in [0.1, 0.15) is 23.9 Å². The number of hydrogen-bond acceptors (Lipinski definition) is 6. The summed E-state index contributed by atoms with van der Waals surface area (Å²) in [5.41, 5.74) is 5.25. The monoisotopic (exact) mass is 417 g/mol. The van der Waals surface area contributed by atoms with Crippen molar-refractivity contribution in [2.24, 2.45) is 0 Å². The fraction of sp³-hybridized carbons (Fsp3) is 0.333. The maximum atomic E-state index is 12.7. The minimum absolute atomic E-state index is 0.0241. The Balaban J connectivity index is 1.32. The van der Waals surface area contributed by atoms with Crippen LogP contribution in [-0.4, -0.2) is 34.3 Å². The molecule has 3 heterocycles. The maximum Gasteiger partial charge on any atom is 0.255 e. The molecule has 1 atom stereocenters. The molecule has 2 aliphatic rings. The molecule has 31 heavy (non-hydrogen) atoms. The number of rotatable bonds is 4. The van der Waals surface area contributed by atoms with Crippen molar-refractivity contribution in [3.63, 3.8) is 0 Å². The highest BCUT2D eigenvalue weighted by molar-refractivity contribution is 6.09. The number of benzene rings is 1. The largest absolute Gasteiger partial charge is 0.487 e. The second kappa shape index (κ2) is 7.65. The van der Waals surface area contributed by atoms with Gasteiger partial charge in [-0.3, -0.25) is 14.6 Å². The van der Waals surface area contributed by atoms with Crippen molar-refractivity contribution in [2.45, 2.75) is 45.6 Å². The molecule has 2 aromatic heterocycles. The van der Waals surface area contributed by atoms with Gasteiger partial charge in [-0.1, -0.05) is 12.1 Å². The molecule has 158 valence electrons. The van der Waals surface area contributed by atoms with E-state index in [1.54, 1.807) is 6.20 Å². The number of carbonyl (C=O) groups excluding carboxylic acids is 2. The molecule has 1 unspecified atom stereocenters. The minimum Gasteiger partial charge on any atom is -0.487 e. The second-order valence-electron chi connectivity index (χ2n) is 8.12. The van der Waals surface area contributed by atoms with Crippen molar-refractivity contribution in [2.75, 3.05) is 6.54 Å². The van der Waals surface area contributed by atoms with Crippen LogP contribution >= 0.6 is 0 Å². The molecule has 1 aliphatic heterocycles. The zero-order valence-corrected chi connectivity index (χ0v) is 17.5. The Morgan fingerprint density at radius 3 is 3.00 bits per heavy atom. The number of nitrogens with zero attached hydrogens (tertiary/aromatic N) is 2. The van der Waals surface area contributed by atoms with Gasteiger partial charge in [-0.2, -0.15) is 0 Å². The number of aromatic nitrogens is 2. The Morgan fingerprint density at radius 2 is 2.13 bits per heavy atom. The summed E-state index contributed by atoms with van der Waals surface area (Å²) in [6, 6.07) is 6.01. The van der Waals surface area contributed by atoms with E-state index in [0.29, 0.717) is 42.7 Å². The second-order valence-corrected chi connectivity index (χ2v) is 8.12. The number of nitrogens with one attached hydrogen (secondary N) is 1. The highest BCUT2D eigenvalue weighted by Gasteiger charge is 2.30. The van der Waals surface area contributed by atoms with Crippen molar-refractivity contribution in [1.82, 2.24) is 15.3 Å². The number of carbonyl (C=O) groups is 2. The normalized spacial score (nSPS) is 17.1. The number of amides is 1. The molecule has 1 aliphatic carbocycles. The zero-order valence-electron chi connectivity index (χ0n) is 17.5. The predicted molar refractivity (Wildman–Crippen MR) is 113 cm³/mol. The molecule has 3 aromatic rings. The summed E-state index contributed by atoms with van der Waals surface area (Å²) < 4.78 is 11.7. The smallest absolute Gasteiger partial charge is 0.255 e. The Kier molecular flexibility index (Phi) is 4.81. The molecule has 0 radical (unpaired) electrons. The standard InChI is InChI=1S/C24H23N3O4/c1-13-10-25-14(2)22(27-13)17-6-3-5-15-9-16(31-23(15)17)11-26-24(29)18-12-30-20-8-4-7-19(28)21(18)20/h3,5-6,10,12,16H,4,7-9,11H2,1-2H3,(H,26,29). The molecule has 0 saturated heterocycles. The van der Waals surface area contributed by atoms with Crippen LogP contribution in [0.2, 0.25) is 0 Å². The molecule has 0 saturated carbocycles. The van der Waals surface area contributed by atoms with Crippen LogP contribution in [0.4, 0.5) is 0 Å². The number of aryl methyl sites for hydroxylation is 3. The lowest BCUT2D eigenvalue weighted by atomic mass is 9.94. The van der Waals surface area contributed by atoms with Crippen LogP contribution in [-0.2, 0) is 12.8 Å². The number of fused-ring (bicyclic) bond motifs is 2. The first-order valence-electron chi connectivity index (χ1n) is 10.5. The van der Waals surface area contributed by atoms with Gasteiger partial charge in [0, 0.05) is 31.0 Å². The Hall–Kier alpha value is -3.48. The molecule has 1 N–H and O–H groups in total. The third kappa shape index (κ3) is 3.50. The van der Waals surface area contributed by atoms with Gasteiger partial charge in [0.05, 0.1) is 34.8 Å². The van der Waals surface area contributed by atoms with E-state index >= 15 is 0 Å². The van der Waals surface area contributed by atoms with Crippen LogP contribution in [0.5, 0.6) is 5.75 Å². The Bertz CT molecular complexity index is 1200. The molecule has 5 rings (SSSR count). The first-order chi connectivity index (χ1) is 15.0. The van der Waals surface area contributed by atoms with Crippen molar-refractivity contribution in [1.29, 1.82) is 0 Å². The topological polar surface area (TPSA) is 94.3 Å². The van der Waals surface area contributed by atoms with Crippen molar-refractivity contribution >= 4 is 11.7 Å². The molecule has 7 heteroatoms. The SMILES string of the molecule is Cc1cnc(C)c(-c2cccc3c2OC(CNC(=O)c2coc4c2C(=O)CCC4)C3)n1. The molecule has 7 nitrogen and oxygen atoms in total. The molecule has 0 spiro atoms. The van der Waals surface area contributed by atoms with Gasteiger partial charge in [-0.05, 0) is 31.9 Å². The van der Waals surface area contributed by atoms with Crippen molar-refractivity contribution in [3.05, 3.63) is 64.5 Å². The van der Waals surface area contributed by atoms with E-state index in [2.05, 4.69) is 15.3 Å². The van der Waals surface area contributed by atoms with Gasteiger partial charge in [-0.15, -0.1) is 0 Å². The summed E-state index contributed by atoms with van der Waals surface area (Å²) in [4.78, 5) is 34.0. The Morgan fingerprint density at radius 1 is 1.26 bits per heavy atom. The van der Waals surface area contributed by atoms with Gasteiger partial charge >= 0.3 is 0 Å². The fourth-order valence-corrected chi connectivity index (χ4v) is 4.32. The molecule has 1 amide bonds. The molecule has 1 aromatic carbocycles. The van der Waals surface area contributed by atoms with Crippen LogP contribution in [0.1, 0.15) is 56.3 Å². The van der Waals surface area contributed by atoms with E-state index in [4.69, 9.17) is 9.15 Å². The van der Waals surface area contributed by atoms with Crippen LogP contribution in [0.3, 0.4) is 0 Å². The number of Topliss-reactive ketones (excluding diaryl/α,β-unsaturated/α-hetero) is 1. The quantitative estimate of drug-likeness (QED) is 0.697. The van der Waals surface area contributed by atoms with Crippen molar-refractivity contribution in [3.8, 4) is 17.0 Å². The average molecular weight is 417 g/mol. The fourth-order valence-electron chi connectivity index (χ4n) is 4.32. The number of ketones is 1. The average Bonchev–Trinajstić information content (AvgIpc) is 3.38. The molecular formula is C24H23N3O4. The summed E-state index contributed by atoms with van der Waals surface area (Å²) >= 11 is 0. The summed E-state index contributed by atoms with van der Waals surface area (Å²) in [5, 5.41) is 2.91. The molecular weight excluding hydrogens is 394 g/mol. The van der Waals surface area contributed by atoms with E-state index in [9.17, 15) is 9.59 Å². The van der Waals surface area contributed by atoms with Crippen LogP contribution in [0.15, 0.2) is 35.1 Å². The number of para-hydroxylation sites is 1. The summed E-state index contributed by atoms with van der Waals surface area (Å²) in [6.45, 7) is 4.18. The number of ether oxygens (including phenoxy) is 1.